The molecule has 0 saturated carbocycles. The molecular weight excluding hydrogens is 306 g/mol. The second-order valence-corrected chi connectivity index (χ2v) is 5.91. The maximum Gasteiger partial charge on any atom is 0.248 e. The van der Waals surface area contributed by atoms with Gasteiger partial charge in [-0.25, -0.2) is 0 Å². The fraction of sp³-hybridized carbons (Fsp3) is 0.150. The Kier molecular flexibility index (Phi) is 5.78. The van der Waals surface area contributed by atoms with Crippen molar-refractivity contribution in [3.8, 4) is 0 Å². The quantitative estimate of drug-likeness (QED) is 0.583. The first-order valence-corrected chi connectivity index (χ1v) is 7.83. The van der Waals surface area contributed by atoms with Gasteiger partial charge in [0.15, 0.2) is 0 Å². The standard InChI is InChI=1S/C20H20ClNO/c1-4-6-18-15(3)11-14(2)12-19(18)22-20(23)10-9-16-7-5-8-17(21)13-16/h4-5,7-13H,1,6H2,2-3H3,(H,22,23)/b10-9+. The molecule has 23 heavy (non-hydrogen) atoms. The molecule has 0 saturated heterocycles. The van der Waals surface area contributed by atoms with Crippen molar-refractivity contribution in [1.29, 1.82) is 0 Å². The summed E-state index contributed by atoms with van der Waals surface area (Å²) >= 11 is 5.94. The van der Waals surface area contributed by atoms with Crippen LogP contribution in [0.2, 0.25) is 5.02 Å². The molecule has 2 nitrogen and oxygen atoms in total. The Morgan fingerprint density at radius 3 is 2.74 bits per heavy atom. The predicted molar refractivity (Wildman–Crippen MR) is 98.9 cm³/mol. The minimum atomic E-state index is -0.166. The van der Waals surface area contributed by atoms with Gasteiger partial charge >= 0.3 is 0 Å². The molecule has 0 radical (unpaired) electrons. The molecule has 3 heteroatoms. The lowest BCUT2D eigenvalue weighted by atomic mass is 10.0. The van der Waals surface area contributed by atoms with E-state index >= 15 is 0 Å². The summed E-state index contributed by atoms with van der Waals surface area (Å²) in [6.45, 7) is 7.85. The van der Waals surface area contributed by atoms with Gasteiger partial charge in [-0.15, -0.1) is 6.58 Å². The monoisotopic (exact) mass is 325 g/mol. The normalized spacial score (nSPS) is 10.7. The molecule has 2 aromatic carbocycles. The third-order valence-corrected chi connectivity index (χ3v) is 3.73. The maximum atomic E-state index is 12.2. The number of benzene rings is 2. The molecular formula is C20H20ClNO. The number of anilines is 1. The van der Waals surface area contributed by atoms with Crippen LogP contribution in [0.15, 0.2) is 55.1 Å². The van der Waals surface area contributed by atoms with Crippen molar-refractivity contribution in [1.82, 2.24) is 0 Å². The second-order valence-electron chi connectivity index (χ2n) is 5.48. The van der Waals surface area contributed by atoms with Gasteiger partial charge in [0, 0.05) is 16.8 Å². The summed E-state index contributed by atoms with van der Waals surface area (Å²) in [6, 6.07) is 11.5. The highest BCUT2D eigenvalue weighted by Gasteiger charge is 2.08. The van der Waals surface area contributed by atoms with Crippen molar-refractivity contribution in [2.45, 2.75) is 20.3 Å². The molecule has 2 rings (SSSR count). The maximum absolute atomic E-state index is 12.2. The van der Waals surface area contributed by atoms with Crippen molar-refractivity contribution in [2.24, 2.45) is 0 Å². The molecule has 1 N–H and O–H groups in total. The van der Waals surface area contributed by atoms with Gasteiger partial charge in [-0.2, -0.15) is 0 Å². The highest BCUT2D eigenvalue weighted by atomic mass is 35.5. The number of amides is 1. The van der Waals surface area contributed by atoms with Gasteiger partial charge in [-0.05, 0) is 66.8 Å². The van der Waals surface area contributed by atoms with E-state index in [1.165, 1.54) is 6.08 Å². The summed E-state index contributed by atoms with van der Waals surface area (Å²) in [4.78, 5) is 12.2. The zero-order chi connectivity index (χ0) is 16.8. The average molecular weight is 326 g/mol. The minimum Gasteiger partial charge on any atom is -0.322 e. The van der Waals surface area contributed by atoms with E-state index in [0.717, 1.165) is 34.4 Å². The number of nitrogens with one attached hydrogen (secondary N) is 1. The van der Waals surface area contributed by atoms with Crippen molar-refractivity contribution >= 4 is 29.3 Å². The zero-order valence-electron chi connectivity index (χ0n) is 13.4. The first-order chi connectivity index (χ1) is 11.0. The molecule has 0 bridgehead atoms. The molecule has 0 aromatic heterocycles. The Hall–Kier alpha value is -2.32. The summed E-state index contributed by atoms with van der Waals surface area (Å²) in [5.41, 5.74) is 5.08. The van der Waals surface area contributed by atoms with E-state index in [2.05, 4.69) is 18.0 Å². The van der Waals surface area contributed by atoms with E-state index in [1.807, 2.05) is 44.2 Å². The molecule has 118 valence electrons. The van der Waals surface area contributed by atoms with E-state index in [4.69, 9.17) is 11.6 Å². The summed E-state index contributed by atoms with van der Waals surface area (Å²) in [7, 11) is 0. The summed E-state index contributed by atoms with van der Waals surface area (Å²) in [6.07, 6.45) is 5.83. The van der Waals surface area contributed by atoms with Crippen LogP contribution in [0.25, 0.3) is 6.08 Å². The lowest BCUT2D eigenvalue weighted by Crippen LogP contribution is -2.10. The summed E-state index contributed by atoms with van der Waals surface area (Å²) in [5, 5.41) is 3.60. The predicted octanol–water partition coefficient (Wildman–Crippen LogP) is 5.34. The topological polar surface area (TPSA) is 29.1 Å². The first kappa shape index (κ1) is 17.0. The molecule has 0 aliphatic rings. The number of allylic oxidation sites excluding steroid dienone is 1. The molecule has 0 heterocycles. The third kappa shape index (κ3) is 4.83. The fourth-order valence-electron chi connectivity index (χ4n) is 2.48. The Labute approximate surface area is 142 Å². The summed E-state index contributed by atoms with van der Waals surface area (Å²) in [5.74, 6) is -0.166. The Morgan fingerprint density at radius 1 is 1.26 bits per heavy atom. The van der Waals surface area contributed by atoms with E-state index in [1.54, 1.807) is 12.1 Å². The largest absolute Gasteiger partial charge is 0.322 e. The van der Waals surface area contributed by atoms with E-state index in [-0.39, 0.29) is 5.91 Å². The van der Waals surface area contributed by atoms with Gasteiger partial charge in [0.2, 0.25) is 5.91 Å². The van der Waals surface area contributed by atoms with E-state index in [9.17, 15) is 4.79 Å². The van der Waals surface area contributed by atoms with Gasteiger partial charge in [0.1, 0.15) is 0 Å². The molecule has 0 unspecified atom stereocenters. The molecule has 0 aliphatic heterocycles. The summed E-state index contributed by atoms with van der Waals surface area (Å²) < 4.78 is 0. The number of halogens is 1. The first-order valence-electron chi connectivity index (χ1n) is 7.45. The number of carbonyl (C=O) groups excluding carboxylic acids is 1. The number of rotatable bonds is 5. The van der Waals surface area contributed by atoms with Crippen LogP contribution in [0.4, 0.5) is 5.69 Å². The van der Waals surface area contributed by atoms with Crippen molar-refractivity contribution in [3.05, 3.63) is 82.4 Å². The van der Waals surface area contributed by atoms with Crippen molar-refractivity contribution < 1.29 is 4.79 Å². The third-order valence-electron chi connectivity index (χ3n) is 3.50. The van der Waals surface area contributed by atoms with Crippen LogP contribution < -0.4 is 5.32 Å². The highest BCUT2D eigenvalue weighted by molar-refractivity contribution is 6.30. The van der Waals surface area contributed by atoms with Crippen LogP contribution in [-0.4, -0.2) is 5.91 Å². The van der Waals surface area contributed by atoms with Gasteiger partial charge in [-0.3, -0.25) is 4.79 Å². The zero-order valence-corrected chi connectivity index (χ0v) is 14.2. The molecule has 0 aliphatic carbocycles. The van der Waals surface area contributed by atoms with Gasteiger partial charge in [0.25, 0.3) is 0 Å². The number of hydrogen-bond acceptors (Lipinski definition) is 1. The number of hydrogen-bond donors (Lipinski definition) is 1. The Bertz CT molecular complexity index is 762. The van der Waals surface area contributed by atoms with Crippen LogP contribution in [0.5, 0.6) is 0 Å². The van der Waals surface area contributed by atoms with Crippen LogP contribution in [0.1, 0.15) is 22.3 Å². The minimum absolute atomic E-state index is 0.166. The number of aryl methyl sites for hydroxylation is 2. The van der Waals surface area contributed by atoms with Crippen LogP contribution >= 0.6 is 11.6 Å². The highest BCUT2D eigenvalue weighted by Crippen LogP contribution is 2.23. The van der Waals surface area contributed by atoms with Crippen LogP contribution in [0, 0.1) is 13.8 Å². The molecule has 0 fully saturated rings. The van der Waals surface area contributed by atoms with Gasteiger partial charge < -0.3 is 5.32 Å². The van der Waals surface area contributed by atoms with Gasteiger partial charge in [-0.1, -0.05) is 35.9 Å². The Morgan fingerprint density at radius 2 is 2.04 bits per heavy atom. The average Bonchev–Trinajstić information content (AvgIpc) is 2.49. The lowest BCUT2D eigenvalue weighted by molar-refractivity contribution is -0.111. The molecule has 2 aromatic rings. The lowest BCUT2D eigenvalue weighted by Gasteiger charge is -2.13. The van der Waals surface area contributed by atoms with Crippen molar-refractivity contribution in [3.63, 3.8) is 0 Å². The van der Waals surface area contributed by atoms with Crippen LogP contribution in [0.3, 0.4) is 0 Å². The van der Waals surface area contributed by atoms with E-state index < -0.39 is 0 Å². The molecule has 0 spiro atoms. The Balaban J connectivity index is 2.18. The second kappa shape index (κ2) is 7.80. The number of carbonyl (C=O) groups is 1. The van der Waals surface area contributed by atoms with Crippen LogP contribution in [-0.2, 0) is 11.2 Å². The SMILES string of the molecule is C=CCc1c(C)cc(C)cc1NC(=O)/C=C/c1cccc(Cl)c1. The van der Waals surface area contributed by atoms with Crippen molar-refractivity contribution in [2.75, 3.05) is 5.32 Å². The fourth-order valence-corrected chi connectivity index (χ4v) is 2.68. The van der Waals surface area contributed by atoms with Gasteiger partial charge in [0.05, 0.1) is 0 Å². The molecule has 0 atom stereocenters. The molecule has 1 amide bonds. The van der Waals surface area contributed by atoms with E-state index in [0.29, 0.717) is 5.02 Å². The smallest absolute Gasteiger partial charge is 0.248 e.